The van der Waals surface area contributed by atoms with Gasteiger partial charge in [0.1, 0.15) is 22.0 Å². The van der Waals surface area contributed by atoms with Crippen LogP contribution in [0.15, 0.2) is 9.31 Å². The van der Waals surface area contributed by atoms with Crippen LogP contribution in [0.5, 0.6) is 0 Å². The minimum absolute atomic E-state index is 0.105. The molecular formula is C14H21NO5S. The number of carboxylic acids is 1. The first-order chi connectivity index (χ1) is 9.74. The van der Waals surface area contributed by atoms with Gasteiger partial charge in [0.15, 0.2) is 0 Å². The standard InChI is InChI=1S/C14H21NO5S/c1-8(11-6-4-5-7-11)15-21(18,19)13-10(3)20-9(2)12(13)14(16)17/h8,11,15H,4-7H2,1-3H3,(H,16,17)/t8-/m0/s1. The molecule has 21 heavy (non-hydrogen) atoms. The Morgan fingerprint density at radius 2 is 1.86 bits per heavy atom. The van der Waals surface area contributed by atoms with E-state index in [0.29, 0.717) is 5.92 Å². The summed E-state index contributed by atoms with van der Waals surface area (Å²) in [6.07, 6.45) is 4.22. The van der Waals surface area contributed by atoms with Crippen molar-refractivity contribution in [3.05, 3.63) is 17.1 Å². The fraction of sp³-hybridized carbons (Fsp3) is 0.643. The molecule has 1 aliphatic rings. The highest BCUT2D eigenvalue weighted by Gasteiger charge is 2.33. The largest absolute Gasteiger partial charge is 0.478 e. The van der Waals surface area contributed by atoms with Crippen LogP contribution in [-0.4, -0.2) is 25.5 Å². The molecule has 2 N–H and O–H groups in total. The van der Waals surface area contributed by atoms with Crippen LogP contribution < -0.4 is 4.72 Å². The van der Waals surface area contributed by atoms with Gasteiger partial charge in [-0.25, -0.2) is 17.9 Å². The van der Waals surface area contributed by atoms with Gasteiger partial charge in [-0.15, -0.1) is 0 Å². The van der Waals surface area contributed by atoms with E-state index in [9.17, 15) is 18.3 Å². The van der Waals surface area contributed by atoms with E-state index in [1.165, 1.54) is 13.8 Å². The predicted octanol–water partition coefficient (Wildman–Crippen LogP) is 2.45. The molecule has 0 radical (unpaired) electrons. The first kappa shape index (κ1) is 16.0. The number of nitrogens with one attached hydrogen (secondary N) is 1. The van der Waals surface area contributed by atoms with Crippen LogP contribution in [0.2, 0.25) is 0 Å². The summed E-state index contributed by atoms with van der Waals surface area (Å²) in [5, 5.41) is 9.22. The Labute approximate surface area is 124 Å². The molecule has 0 amide bonds. The van der Waals surface area contributed by atoms with Crippen molar-refractivity contribution in [2.24, 2.45) is 5.92 Å². The molecule has 6 nitrogen and oxygen atoms in total. The lowest BCUT2D eigenvalue weighted by Crippen LogP contribution is -2.37. The smallest absolute Gasteiger partial charge is 0.340 e. The van der Waals surface area contributed by atoms with E-state index >= 15 is 0 Å². The zero-order valence-electron chi connectivity index (χ0n) is 12.5. The van der Waals surface area contributed by atoms with Crippen molar-refractivity contribution in [3.8, 4) is 0 Å². The second-order valence-corrected chi connectivity index (χ2v) is 7.33. The number of hydrogen-bond acceptors (Lipinski definition) is 4. The first-order valence-electron chi connectivity index (χ1n) is 7.09. The number of aryl methyl sites for hydroxylation is 2. The molecule has 0 unspecified atom stereocenters. The maximum absolute atomic E-state index is 12.5. The maximum atomic E-state index is 12.5. The highest BCUT2D eigenvalue weighted by molar-refractivity contribution is 7.89. The molecule has 0 bridgehead atoms. The molecule has 2 rings (SSSR count). The van der Waals surface area contributed by atoms with Crippen LogP contribution in [0.4, 0.5) is 0 Å². The van der Waals surface area contributed by atoms with Crippen molar-refractivity contribution < 1.29 is 22.7 Å². The Morgan fingerprint density at radius 1 is 1.29 bits per heavy atom. The number of sulfonamides is 1. The summed E-state index contributed by atoms with van der Waals surface area (Å²) < 4.78 is 32.9. The Balaban J connectivity index is 2.33. The molecule has 0 saturated heterocycles. The molecule has 1 aromatic heterocycles. The van der Waals surface area contributed by atoms with Gasteiger partial charge in [-0.05, 0) is 39.5 Å². The van der Waals surface area contributed by atoms with Crippen LogP contribution in [0.25, 0.3) is 0 Å². The molecule has 1 fully saturated rings. The molecule has 1 aromatic rings. The maximum Gasteiger partial charge on any atom is 0.340 e. The van der Waals surface area contributed by atoms with Gasteiger partial charge in [-0.1, -0.05) is 12.8 Å². The van der Waals surface area contributed by atoms with E-state index in [2.05, 4.69) is 4.72 Å². The summed E-state index contributed by atoms with van der Waals surface area (Å²) in [4.78, 5) is 11.0. The highest BCUT2D eigenvalue weighted by atomic mass is 32.2. The van der Waals surface area contributed by atoms with E-state index in [1.54, 1.807) is 0 Å². The second kappa shape index (κ2) is 5.81. The molecule has 0 spiro atoms. The van der Waals surface area contributed by atoms with Crippen LogP contribution >= 0.6 is 0 Å². The van der Waals surface area contributed by atoms with E-state index < -0.39 is 16.0 Å². The lowest BCUT2D eigenvalue weighted by Gasteiger charge is -2.20. The molecule has 7 heteroatoms. The SMILES string of the molecule is Cc1oc(C)c(S(=O)(=O)N[C@@H](C)C2CCCC2)c1C(=O)O. The summed E-state index contributed by atoms with van der Waals surface area (Å²) >= 11 is 0. The van der Waals surface area contributed by atoms with Crippen LogP contribution in [0, 0.1) is 19.8 Å². The van der Waals surface area contributed by atoms with Crippen molar-refractivity contribution in [1.82, 2.24) is 4.72 Å². The minimum Gasteiger partial charge on any atom is -0.478 e. The summed E-state index contributed by atoms with van der Waals surface area (Å²) in [7, 11) is -3.91. The molecule has 1 heterocycles. The quantitative estimate of drug-likeness (QED) is 0.870. The van der Waals surface area contributed by atoms with E-state index in [1.807, 2.05) is 6.92 Å². The predicted molar refractivity (Wildman–Crippen MR) is 76.9 cm³/mol. The third-order valence-corrected chi connectivity index (χ3v) is 5.85. The molecule has 1 aliphatic carbocycles. The van der Waals surface area contributed by atoms with Crippen LogP contribution in [0.3, 0.4) is 0 Å². The first-order valence-corrected chi connectivity index (χ1v) is 8.58. The Morgan fingerprint density at radius 3 is 2.38 bits per heavy atom. The van der Waals surface area contributed by atoms with Crippen LogP contribution in [0.1, 0.15) is 54.5 Å². The molecule has 0 aromatic carbocycles. The van der Waals surface area contributed by atoms with E-state index in [4.69, 9.17) is 4.42 Å². The molecule has 1 saturated carbocycles. The van der Waals surface area contributed by atoms with Gasteiger partial charge in [-0.3, -0.25) is 0 Å². The van der Waals surface area contributed by atoms with Gasteiger partial charge in [-0.2, -0.15) is 0 Å². The summed E-state index contributed by atoms with van der Waals surface area (Å²) in [6, 6.07) is -0.214. The fourth-order valence-electron chi connectivity index (χ4n) is 3.09. The number of carbonyl (C=O) groups is 1. The normalized spacial score (nSPS) is 18.0. The zero-order valence-corrected chi connectivity index (χ0v) is 13.3. The van der Waals surface area contributed by atoms with Gasteiger partial charge in [0.2, 0.25) is 10.0 Å². The summed E-state index contributed by atoms with van der Waals surface area (Å²) in [5.74, 6) is -0.774. The topological polar surface area (TPSA) is 96.6 Å². The lowest BCUT2D eigenvalue weighted by molar-refractivity contribution is 0.0691. The van der Waals surface area contributed by atoms with E-state index in [-0.39, 0.29) is 28.0 Å². The number of rotatable bonds is 5. The van der Waals surface area contributed by atoms with Crippen molar-refractivity contribution in [2.75, 3.05) is 0 Å². The van der Waals surface area contributed by atoms with Crippen molar-refractivity contribution >= 4 is 16.0 Å². The lowest BCUT2D eigenvalue weighted by atomic mass is 10.0. The molecule has 0 aliphatic heterocycles. The molecule has 1 atom stereocenters. The van der Waals surface area contributed by atoms with Gasteiger partial charge >= 0.3 is 5.97 Å². The third-order valence-electron chi connectivity index (χ3n) is 4.14. The van der Waals surface area contributed by atoms with E-state index in [0.717, 1.165) is 25.7 Å². The number of hydrogen-bond donors (Lipinski definition) is 2. The Kier molecular flexibility index (Phi) is 4.43. The van der Waals surface area contributed by atoms with Gasteiger partial charge in [0.05, 0.1) is 0 Å². The summed E-state index contributed by atoms with van der Waals surface area (Å²) in [6.45, 7) is 4.75. The van der Waals surface area contributed by atoms with Crippen molar-refractivity contribution in [2.45, 2.75) is 57.4 Å². The number of aromatic carboxylic acids is 1. The van der Waals surface area contributed by atoms with Crippen LogP contribution in [-0.2, 0) is 10.0 Å². The van der Waals surface area contributed by atoms with Gasteiger partial charge in [0, 0.05) is 6.04 Å². The average Bonchev–Trinajstić information content (AvgIpc) is 2.95. The highest BCUT2D eigenvalue weighted by Crippen LogP contribution is 2.30. The van der Waals surface area contributed by atoms with Gasteiger partial charge < -0.3 is 9.52 Å². The second-order valence-electron chi connectivity index (χ2n) is 5.68. The summed E-state index contributed by atoms with van der Waals surface area (Å²) in [5.41, 5.74) is -0.279. The third kappa shape index (κ3) is 3.13. The fourth-order valence-corrected chi connectivity index (χ4v) is 4.81. The minimum atomic E-state index is -3.91. The van der Waals surface area contributed by atoms with Crippen molar-refractivity contribution in [3.63, 3.8) is 0 Å². The molecular weight excluding hydrogens is 294 g/mol. The molecule has 118 valence electrons. The monoisotopic (exact) mass is 315 g/mol. The Bertz CT molecular complexity index is 641. The average molecular weight is 315 g/mol. The number of furan rings is 1. The number of carboxylic acid groups (broad SMARTS) is 1. The van der Waals surface area contributed by atoms with Gasteiger partial charge in [0.25, 0.3) is 0 Å². The van der Waals surface area contributed by atoms with Crippen molar-refractivity contribution in [1.29, 1.82) is 0 Å². The zero-order chi connectivity index (χ0) is 15.8. The Hall–Kier alpha value is -1.34.